The van der Waals surface area contributed by atoms with Crippen LogP contribution in [0.5, 0.6) is 0 Å². The van der Waals surface area contributed by atoms with Crippen molar-refractivity contribution >= 4 is 26.0 Å². The van der Waals surface area contributed by atoms with Crippen LogP contribution in [0.25, 0.3) is 0 Å². The Kier molecular flexibility index (Phi) is 6.55. The van der Waals surface area contributed by atoms with Crippen LogP contribution in [0, 0.1) is 0 Å². The Balaban J connectivity index is 2.11. The van der Waals surface area contributed by atoms with Crippen LogP contribution in [0.4, 0.5) is 0 Å². The largest absolute Gasteiger partial charge is 0.355 e. The Morgan fingerprint density at radius 2 is 1.56 bits per heavy atom. The van der Waals surface area contributed by atoms with E-state index in [1.54, 1.807) is 6.92 Å². The van der Waals surface area contributed by atoms with Crippen molar-refractivity contribution < 1.29 is 21.6 Å². The number of benzene rings is 1. The summed E-state index contributed by atoms with van der Waals surface area (Å²) in [6.07, 6.45) is 2.67. The van der Waals surface area contributed by atoms with Gasteiger partial charge in [-0.25, -0.2) is 21.6 Å². The van der Waals surface area contributed by atoms with Gasteiger partial charge in [0.1, 0.15) is 0 Å². The number of nitrogens with zero attached hydrogens (tertiary/aromatic N) is 1. The van der Waals surface area contributed by atoms with Crippen molar-refractivity contribution in [3.8, 4) is 0 Å². The molecule has 1 heterocycles. The highest BCUT2D eigenvalue weighted by Gasteiger charge is 2.26. The first kappa shape index (κ1) is 19.8. The van der Waals surface area contributed by atoms with Crippen molar-refractivity contribution in [2.75, 3.05) is 26.2 Å². The van der Waals surface area contributed by atoms with Gasteiger partial charge >= 0.3 is 0 Å². The predicted molar refractivity (Wildman–Crippen MR) is 92.9 cm³/mol. The van der Waals surface area contributed by atoms with Gasteiger partial charge in [0.15, 0.2) is 0 Å². The van der Waals surface area contributed by atoms with Gasteiger partial charge in [0.05, 0.1) is 16.3 Å². The maximum absolute atomic E-state index is 12.5. The van der Waals surface area contributed by atoms with Gasteiger partial charge in [-0.2, -0.15) is 4.31 Å². The highest BCUT2D eigenvalue weighted by Crippen LogP contribution is 2.21. The second-order valence-corrected chi connectivity index (χ2v) is 9.42. The van der Waals surface area contributed by atoms with Gasteiger partial charge in [-0.3, -0.25) is 4.79 Å². The van der Waals surface area contributed by atoms with Crippen molar-refractivity contribution in [2.45, 2.75) is 36.0 Å². The third kappa shape index (κ3) is 5.00. The second-order valence-electron chi connectivity index (χ2n) is 5.71. The number of amides is 1. The van der Waals surface area contributed by atoms with E-state index in [0.717, 1.165) is 19.3 Å². The Hall–Kier alpha value is -1.49. The van der Waals surface area contributed by atoms with Crippen LogP contribution >= 0.6 is 0 Å². The van der Waals surface area contributed by atoms with Crippen LogP contribution < -0.4 is 10.0 Å². The third-order valence-electron chi connectivity index (χ3n) is 3.88. The van der Waals surface area contributed by atoms with E-state index < -0.39 is 26.0 Å². The topological polar surface area (TPSA) is 113 Å². The Morgan fingerprint density at radius 1 is 1.00 bits per heavy atom. The number of carbonyl (C=O) groups excluding carboxylic acids is 1. The lowest BCUT2D eigenvalue weighted by molar-refractivity contribution is -0.119. The van der Waals surface area contributed by atoms with Crippen LogP contribution in [0.15, 0.2) is 34.1 Å². The molecule has 0 radical (unpaired) electrons. The molecule has 0 spiro atoms. The molecule has 0 atom stereocenters. The summed E-state index contributed by atoms with van der Waals surface area (Å²) in [5.74, 6) is -0.435. The lowest BCUT2D eigenvalue weighted by Crippen LogP contribution is -2.37. The van der Waals surface area contributed by atoms with Gasteiger partial charge in [-0.15, -0.1) is 0 Å². The van der Waals surface area contributed by atoms with Crippen LogP contribution in [-0.2, 0) is 24.8 Å². The standard InChI is InChI=1S/C15H23N3O5S2/c1-2-16-15(19)12-17-24(20,21)13-6-8-14(9-7-13)25(22,23)18-10-4-3-5-11-18/h6-9,17H,2-5,10-12H2,1H3,(H,16,19). The fraction of sp³-hybridized carbons (Fsp3) is 0.533. The van der Waals surface area contributed by atoms with E-state index in [-0.39, 0.29) is 16.3 Å². The first-order valence-corrected chi connectivity index (χ1v) is 11.1. The first-order chi connectivity index (χ1) is 11.8. The molecule has 0 aliphatic carbocycles. The zero-order chi connectivity index (χ0) is 18.5. The van der Waals surface area contributed by atoms with Crippen molar-refractivity contribution in [3.05, 3.63) is 24.3 Å². The molecule has 0 bridgehead atoms. The molecular weight excluding hydrogens is 366 g/mol. The van der Waals surface area contributed by atoms with E-state index in [9.17, 15) is 21.6 Å². The van der Waals surface area contributed by atoms with Gasteiger partial charge in [0, 0.05) is 19.6 Å². The number of hydrogen-bond donors (Lipinski definition) is 2. The highest BCUT2D eigenvalue weighted by molar-refractivity contribution is 7.89. The molecule has 0 saturated carbocycles. The number of likely N-dealkylation sites (N-methyl/N-ethyl adjacent to an activating group) is 1. The minimum Gasteiger partial charge on any atom is -0.355 e. The summed E-state index contributed by atoms with van der Waals surface area (Å²) < 4.78 is 53.0. The van der Waals surface area contributed by atoms with Crippen molar-refractivity contribution in [2.24, 2.45) is 0 Å². The van der Waals surface area contributed by atoms with Crippen LogP contribution in [0.3, 0.4) is 0 Å². The number of rotatable bonds is 7. The molecule has 1 amide bonds. The molecule has 1 aromatic carbocycles. The molecule has 25 heavy (non-hydrogen) atoms. The Morgan fingerprint density at radius 3 is 2.12 bits per heavy atom. The summed E-state index contributed by atoms with van der Waals surface area (Å²) >= 11 is 0. The SMILES string of the molecule is CCNC(=O)CNS(=O)(=O)c1ccc(S(=O)(=O)N2CCCCC2)cc1. The molecule has 0 aromatic heterocycles. The predicted octanol–water partition coefficient (Wildman–Crippen LogP) is 0.276. The van der Waals surface area contributed by atoms with Crippen LogP contribution in [0.2, 0.25) is 0 Å². The van der Waals surface area contributed by atoms with Crippen molar-refractivity contribution in [3.63, 3.8) is 0 Å². The minimum absolute atomic E-state index is 0.0667. The summed E-state index contributed by atoms with van der Waals surface area (Å²) in [4.78, 5) is 11.3. The molecule has 1 fully saturated rings. The third-order valence-corrected chi connectivity index (χ3v) is 7.21. The van der Waals surface area contributed by atoms with Gasteiger partial charge in [-0.1, -0.05) is 6.42 Å². The summed E-state index contributed by atoms with van der Waals surface area (Å²) in [7, 11) is -7.48. The highest BCUT2D eigenvalue weighted by atomic mass is 32.2. The number of hydrogen-bond acceptors (Lipinski definition) is 5. The van der Waals surface area contributed by atoms with E-state index in [1.165, 1.54) is 28.6 Å². The smallest absolute Gasteiger partial charge is 0.243 e. The number of carbonyl (C=O) groups is 1. The van der Waals surface area contributed by atoms with E-state index >= 15 is 0 Å². The molecule has 2 N–H and O–H groups in total. The van der Waals surface area contributed by atoms with Crippen LogP contribution in [0.1, 0.15) is 26.2 Å². The molecule has 2 rings (SSSR count). The Labute approximate surface area is 148 Å². The number of nitrogens with one attached hydrogen (secondary N) is 2. The zero-order valence-corrected chi connectivity index (χ0v) is 15.7. The summed E-state index contributed by atoms with van der Waals surface area (Å²) in [5.41, 5.74) is 0. The molecule has 1 aliphatic heterocycles. The molecule has 1 aliphatic rings. The summed E-state index contributed by atoms with van der Waals surface area (Å²) in [6, 6.07) is 5.03. The molecule has 0 unspecified atom stereocenters. The van der Waals surface area contributed by atoms with Gasteiger partial charge in [-0.05, 0) is 44.0 Å². The summed E-state index contributed by atoms with van der Waals surface area (Å²) in [5, 5.41) is 2.48. The minimum atomic E-state index is -3.88. The number of sulfonamides is 2. The molecule has 8 nitrogen and oxygen atoms in total. The summed E-state index contributed by atoms with van der Waals surface area (Å²) in [6.45, 7) is 2.73. The van der Waals surface area contributed by atoms with Crippen LogP contribution in [-0.4, -0.2) is 53.2 Å². The maximum Gasteiger partial charge on any atom is 0.243 e. The fourth-order valence-electron chi connectivity index (χ4n) is 2.55. The molecule has 140 valence electrons. The lowest BCUT2D eigenvalue weighted by Gasteiger charge is -2.25. The molecule has 1 aromatic rings. The average Bonchev–Trinajstić information content (AvgIpc) is 2.61. The lowest BCUT2D eigenvalue weighted by atomic mass is 10.2. The number of piperidine rings is 1. The molecule has 10 heteroatoms. The second kappa shape index (κ2) is 8.26. The average molecular weight is 389 g/mol. The van der Waals surface area contributed by atoms with E-state index in [0.29, 0.717) is 19.6 Å². The van der Waals surface area contributed by atoms with Crippen molar-refractivity contribution in [1.82, 2.24) is 14.3 Å². The fourth-order valence-corrected chi connectivity index (χ4v) is 5.05. The Bertz CT molecular complexity index is 798. The van der Waals surface area contributed by atoms with E-state index in [4.69, 9.17) is 0 Å². The maximum atomic E-state index is 12.5. The molecular formula is C15H23N3O5S2. The quantitative estimate of drug-likeness (QED) is 0.695. The van der Waals surface area contributed by atoms with E-state index in [2.05, 4.69) is 10.0 Å². The van der Waals surface area contributed by atoms with Gasteiger partial charge in [0.2, 0.25) is 26.0 Å². The normalized spacial score (nSPS) is 16.5. The van der Waals surface area contributed by atoms with Gasteiger partial charge < -0.3 is 5.32 Å². The first-order valence-electron chi connectivity index (χ1n) is 8.14. The van der Waals surface area contributed by atoms with Crippen molar-refractivity contribution in [1.29, 1.82) is 0 Å². The van der Waals surface area contributed by atoms with Gasteiger partial charge in [0.25, 0.3) is 0 Å². The van der Waals surface area contributed by atoms with E-state index in [1.807, 2.05) is 0 Å². The molecule has 1 saturated heterocycles. The zero-order valence-electron chi connectivity index (χ0n) is 14.1. The monoisotopic (exact) mass is 389 g/mol.